The van der Waals surface area contributed by atoms with Gasteiger partial charge in [0.05, 0.1) is 29.9 Å². The Morgan fingerprint density at radius 2 is 2.10 bits per heavy atom. The number of rotatable bonds is 4. The molecule has 164 valence electrons. The molecule has 31 heavy (non-hydrogen) atoms. The zero-order chi connectivity index (χ0) is 22.0. The molecule has 1 aliphatic heterocycles. The molecular formula is C23H27ClN4O3. The van der Waals surface area contributed by atoms with Crippen LogP contribution in [0.1, 0.15) is 40.9 Å². The molecule has 2 N–H and O–H groups in total. The predicted octanol–water partition coefficient (Wildman–Crippen LogP) is 3.52. The van der Waals surface area contributed by atoms with Crippen LogP contribution in [0.25, 0.3) is 10.9 Å². The van der Waals surface area contributed by atoms with E-state index in [1.807, 2.05) is 6.07 Å². The molecule has 7 nitrogen and oxygen atoms in total. The first-order valence-corrected chi connectivity index (χ1v) is 11.1. The van der Waals surface area contributed by atoms with E-state index in [1.165, 1.54) is 4.90 Å². The second-order valence-corrected chi connectivity index (χ2v) is 8.37. The number of aryl methyl sites for hydroxylation is 1. The second-order valence-electron chi connectivity index (χ2n) is 7.99. The van der Waals surface area contributed by atoms with Crippen LogP contribution < -0.4 is 5.73 Å². The van der Waals surface area contributed by atoms with Gasteiger partial charge in [0.25, 0.3) is 5.91 Å². The second kappa shape index (κ2) is 9.24. The Morgan fingerprint density at radius 3 is 2.87 bits per heavy atom. The van der Waals surface area contributed by atoms with E-state index >= 15 is 0 Å². The normalized spacial score (nSPS) is 18.6. The third kappa shape index (κ3) is 4.38. The fourth-order valence-electron chi connectivity index (χ4n) is 4.21. The van der Waals surface area contributed by atoms with E-state index in [0.717, 1.165) is 52.9 Å². The summed E-state index contributed by atoms with van der Waals surface area (Å²) < 4.78 is 5.19. The van der Waals surface area contributed by atoms with Crippen molar-refractivity contribution < 1.29 is 14.3 Å². The molecule has 1 atom stereocenters. The van der Waals surface area contributed by atoms with Crippen LogP contribution in [0.5, 0.6) is 0 Å². The Morgan fingerprint density at radius 1 is 1.29 bits per heavy atom. The minimum atomic E-state index is -0.607. The van der Waals surface area contributed by atoms with Crippen LogP contribution in [0.3, 0.4) is 0 Å². The molecule has 1 aromatic heterocycles. The van der Waals surface area contributed by atoms with Gasteiger partial charge in [0.1, 0.15) is 0 Å². The van der Waals surface area contributed by atoms with Crippen LogP contribution in [0, 0.1) is 0 Å². The third-order valence-electron chi connectivity index (χ3n) is 5.93. The molecule has 1 aromatic carbocycles. The average Bonchev–Trinajstić information content (AvgIpc) is 2.78. The van der Waals surface area contributed by atoms with Crippen molar-refractivity contribution in [2.45, 2.75) is 38.3 Å². The number of carbonyl (C=O) groups excluding carboxylic acids is 2. The summed E-state index contributed by atoms with van der Waals surface area (Å²) in [6.45, 7) is 4.83. The van der Waals surface area contributed by atoms with Crippen LogP contribution in [0.15, 0.2) is 30.9 Å². The number of nitrogens with two attached hydrogens (primary N) is 1. The molecule has 1 saturated heterocycles. The van der Waals surface area contributed by atoms with Crippen molar-refractivity contribution in [3.05, 3.63) is 52.7 Å². The monoisotopic (exact) mass is 442 g/mol. The van der Waals surface area contributed by atoms with Gasteiger partial charge in [-0.3, -0.25) is 9.78 Å². The van der Waals surface area contributed by atoms with Crippen molar-refractivity contribution in [3.63, 3.8) is 0 Å². The third-order valence-corrected chi connectivity index (χ3v) is 6.36. The number of hydrogen-bond donors (Lipinski definition) is 1. The van der Waals surface area contributed by atoms with Crippen LogP contribution in [-0.2, 0) is 17.6 Å². The summed E-state index contributed by atoms with van der Waals surface area (Å²) in [6, 6.07) is 5.43. The lowest BCUT2D eigenvalue weighted by atomic mass is 9.94. The maximum absolute atomic E-state index is 13.2. The summed E-state index contributed by atoms with van der Waals surface area (Å²) in [4.78, 5) is 33.2. The van der Waals surface area contributed by atoms with Crippen LogP contribution >= 0.6 is 11.6 Å². The molecule has 0 saturated carbocycles. The lowest BCUT2D eigenvalue weighted by Gasteiger charge is -2.39. The summed E-state index contributed by atoms with van der Waals surface area (Å²) in [5.41, 5.74) is 9.65. The Hall–Kier alpha value is -2.64. The van der Waals surface area contributed by atoms with Crippen molar-refractivity contribution in [2.75, 3.05) is 26.2 Å². The molecular weight excluding hydrogens is 416 g/mol. The minimum Gasteiger partial charge on any atom is -0.449 e. The molecule has 2 aromatic rings. The van der Waals surface area contributed by atoms with E-state index in [9.17, 15) is 9.59 Å². The van der Waals surface area contributed by atoms with Gasteiger partial charge in [-0.1, -0.05) is 23.7 Å². The molecule has 2 heterocycles. The minimum absolute atomic E-state index is 0.176. The molecule has 0 spiro atoms. The number of pyridine rings is 1. The van der Waals surface area contributed by atoms with Crippen LogP contribution in [-0.4, -0.2) is 59.2 Å². The molecule has 0 radical (unpaired) electrons. The van der Waals surface area contributed by atoms with E-state index in [4.69, 9.17) is 27.1 Å². The van der Waals surface area contributed by atoms with Crippen LogP contribution in [0.2, 0.25) is 5.02 Å². The van der Waals surface area contributed by atoms with Gasteiger partial charge < -0.3 is 20.3 Å². The number of ether oxygens (including phenoxy) is 1. The molecule has 4 rings (SSSR count). The predicted molar refractivity (Wildman–Crippen MR) is 120 cm³/mol. The van der Waals surface area contributed by atoms with E-state index in [2.05, 4.69) is 6.58 Å². The maximum Gasteiger partial charge on any atom is 0.409 e. The standard InChI is InChI=1S/C23H27ClN4O3/c1-2-3-12-31-23(30)27-10-11-28(20(25)14-27)22(29)15-8-9-17-19(13-15)26-18-7-5-4-6-16(18)21(17)24/h2,8-9,13,20H,1,3-7,10-12,14,25H2/t20-/m0/s1. The van der Waals surface area contributed by atoms with Gasteiger partial charge in [-0.05, 0) is 49.8 Å². The number of benzene rings is 1. The zero-order valence-electron chi connectivity index (χ0n) is 17.5. The first kappa shape index (κ1) is 21.6. The summed E-state index contributed by atoms with van der Waals surface area (Å²) in [5.74, 6) is -0.176. The fraction of sp³-hybridized carbons (Fsp3) is 0.435. The number of aromatic nitrogens is 1. The Kier molecular flexibility index (Phi) is 6.43. The summed E-state index contributed by atoms with van der Waals surface area (Å²) in [7, 11) is 0. The molecule has 1 aliphatic carbocycles. The van der Waals surface area contributed by atoms with Gasteiger partial charge in [0, 0.05) is 29.7 Å². The van der Waals surface area contributed by atoms with Crippen molar-refractivity contribution in [2.24, 2.45) is 5.73 Å². The molecule has 2 amide bonds. The highest BCUT2D eigenvalue weighted by Crippen LogP contribution is 2.33. The van der Waals surface area contributed by atoms with Crippen molar-refractivity contribution in [1.82, 2.24) is 14.8 Å². The van der Waals surface area contributed by atoms with E-state index in [1.54, 1.807) is 23.1 Å². The Balaban J connectivity index is 1.49. The molecule has 0 bridgehead atoms. The molecule has 2 aliphatic rings. The van der Waals surface area contributed by atoms with E-state index in [-0.39, 0.29) is 19.1 Å². The first-order valence-electron chi connectivity index (χ1n) is 10.7. The van der Waals surface area contributed by atoms with E-state index < -0.39 is 12.3 Å². The lowest BCUT2D eigenvalue weighted by Crippen LogP contribution is -2.60. The number of carbonyl (C=O) groups is 2. The van der Waals surface area contributed by atoms with Gasteiger partial charge in [-0.25, -0.2) is 4.79 Å². The first-order chi connectivity index (χ1) is 15.0. The topological polar surface area (TPSA) is 88.8 Å². The van der Waals surface area contributed by atoms with Crippen molar-refractivity contribution >= 4 is 34.5 Å². The highest BCUT2D eigenvalue weighted by molar-refractivity contribution is 6.36. The summed E-state index contributed by atoms with van der Waals surface area (Å²) in [5, 5.41) is 1.62. The lowest BCUT2D eigenvalue weighted by molar-refractivity contribution is 0.0395. The highest BCUT2D eigenvalue weighted by atomic mass is 35.5. The maximum atomic E-state index is 13.2. The molecule has 1 fully saturated rings. The van der Waals surface area contributed by atoms with Gasteiger partial charge in [0.15, 0.2) is 0 Å². The van der Waals surface area contributed by atoms with Gasteiger partial charge in [-0.15, -0.1) is 6.58 Å². The van der Waals surface area contributed by atoms with Gasteiger partial charge >= 0.3 is 6.09 Å². The number of nitrogens with zero attached hydrogens (tertiary/aromatic N) is 3. The SMILES string of the molecule is C=CCCOC(=O)N1CCN(C(=O)c2ccc3c(Cl)c4c(nc3c2)CCCC4)[C@H](N)C1. The average molecular weight is 443 g/mol. The van der Waals surface area contributed by atoms with Crippen LogP contribution in [0.4, 0.5) is 4.79 Å². The van der Waals surface area contributed by atoms with Gasteiger partial charge in [0.2, 0.25) is 0 Å². The number of hydrogen-bond acceptors (Lipinski definition) is 5. The number of amides is 2. The quantitative estimate of drug-likeness (QED) is 0.578. The van der Waals surface area contributed by atoms with Gasteiger partial charge in [-0.2, -0.15) is 0 Å². The Bertz CT molecular complexity index is 1030. The largest absolute Gasteiger partial charge is 0.449 e. The number of piperazine rings is 1. The van der Waals surface area contributed by atoms with E-state index in [0.29, 0.717) is 25.1 Å². The number of fused-ring (bicyclic) bond motifs is 2. The molecule has 0 unspecified atom stereocenters. The molecule has 8 heteroatoms. The summed E-state index contributed by atoms with van der Waals surface area (Å²) >= 11 is 6.64. The van der Waals surface area contributed by atoms with Crippen molar-refractivity contribution in [3.8, 4) is 0 Å². The Labute approximate surface area is 186 Å². The highest BCUT2D eigenvalue weighted by Gasteiger charge is 2.31. The summed E-state index contributed by atoms with van der Waals surface area (Å²) in [6.07, 6.45) is 5.36. The fourth-order valence-corrected chi connectivity index (χ4v) is 4.58. The van der Waals surface area contributed by atoms with Crippen molar-refractivity contribution in [1.29, 1.82) is 0 Å². The smallest absolute Gasteiger partial charge is 0.409 e. The number of halogens is 1. The zero-order valence-corrected chi connectivity index (χ0v) is 18.2.